The lowest BCUT2D eigenvalue weighted by Crippen LogP contribution is -2.56. The first-order chi connectivity index (χ1) is 32.1. The molecule has 4 heterocycles. The van der Waals surface area contributed by atoms with E-state index in [2.05, 4.69) is 95.8 Å². The van der Waals surface area contributed by atoms with E-state index in [0.717, 1.165) is 102 Å². The minimum Gasteiger partial charge on any atom is -0.378 e. The van der Waals surface area contributed by atoms with Crippen LogP contribution < -0.4 is 21.7 Å². The first-order valence-corrected chi connectivity index (χ1v) is 25.5. The Morgan fingerprint density at radius 3 is 1.50 bits per heavy atom. The molecule has 2 saturated heterocycles. The van der Waals surface area contributed by atoms with Gasteiger partial charge in [0.25, 0.3) is 0 Å². The third-order valence-electron chi connectivity index (χ3n) is 15.5. The fourth-order valence-corrected chi connectivity index (χ4v) is 11.7. The minimum atomic E-state index is -0.659. The number of aromatic nitrogens is 2. The highest BCUT2D eigenvalue weighted by atomic mass is 16.5. The molecule has 4 fully saturated rings. The van der Waals surface area contributed by atoms with E-state index in [1.54, 1.807) is 14.0 Å². The Balaban J connectivity index is 0.890. The molecule has 66 heavy (non-hydrogen) atoms. The molecule has 4 aromatic rings. The molecular weight excluding hydrogens is 829 g/mol. The lowest BCUT2D eigenvalue weighted by Gasteiger charge is -2.35. The topological polar surface area (TPSA) is 156 Å². The lowest BCUT2D eigenvalue weighted by molar-refractivity contribution is -0.139. The highest BCUT2D eigenvalue weighted by Crippen LogP contribution is 2.34. The largest absolute Gasteiger partial charge is 0.378 e. The van der Waals surface area contributed by atoms with Crippen LogP contribution in [0.5, 0.6) is 0 Å². The van der Waals surface area contributed by atoms with Crippen molar-refractivity contribution in [1.82, 2.24) is 34.9 Å². The lowest BCUT2D eigenvalue weighted by atomic mass is 9.83. The highest BCUT2D eigenvalue weighted by molar-refractivity contribution is 5.91. The molecule has 2 aromatic heterocycles. The van der Waals surface area contributed by atoms with Gasteiger partial charge >= 0.3 is 0 Å². The van der Waals surface area contributed by atoms with Crippen LogP contribution in [0, 0.1) is 11.8 Å². The number of hydrogen-bond donors (Lipinski definition) is 4. The predicted molar refractivity (Wildman–Crippen MR) is 261 cm³/mol. The molecule has 8 rings (SSSR count). The molecule has 2 aliphatic carbocycles. The average molecular weight is 905 g/mol. The zero-order valence-corrected chi connectivity index (χ0v) is 39.9. The molecule has 0 spiro atoms. The van der Waals surface area contributed by atoms with Crippen LogP contribution in [0.4, 0.5) is 0 Å². The van der Waals surface area contributed by atoms with Crippen LogP contribution >= 0.6 is 0 Å². The number of amides is 4. The summed E-state index contributed by atoms with van der Waals surface area (Å²) < 4.78 is 11.0. The number of nitrogens with zero attached hydrogens (tertiary/aromatic N) is 4. The Bertz CT molecular complexity index is 2270. The van der Waals surface area contributed by atoms with Gasteiger partial charge in [0, 0.05) is 72.5 Å². The first kappa shape index (κ1) is 47.8. The molecule has 4 aliphatic rings. The Labute approximate surface area is 391 Å². The van der Waals surface area contributed by atoms with Crippen molar-refractivity contribution in [3.05, 3.63) is 72.1 Å². The van der Waals surface area contributed by atoms with Crippen LogP contribution in [0.1, 0.15) is 115 Å². The maximum atomic E-state index is 14.4. The van der Waals surface area contributed by atoms with Gasteiger partial charge in [-0.15, -0.1) is 0 Å². The monoisotopic (exact) mass is 905 g/mol. The number of benzene rings is 2. The van der Waals surface area contributed by atoms with Gasteiger partial charge in [-0.3, -0.25) is 19.2 Å². The van der Waals surface area contributed by atoms with Gasteiger partial charge in [-0.1, -0.05) is 74.9 Å². The number of carbonyl (C=O) groups excluding carboxylic acids is 4. The molecule has 0 radical (unpaired) electrons. The molecule has 2 aromatic carbocycles. The number of para-hydroxylation sites is 2. The summed E-state index contributed by atoms with van der Waals surface area (Å²) in [7, 11) is 1.78. The summed E-state index contributed by atoms with van der Waals surface area (Å²) >= 11 is 0. The quantitative estimate of drug-likeness (QED) is 0.0788. The molecule has 358 valence electrons. The van der Waals surface area contributed by atoms with Gasteiger partial charge in [0.2, 0.25) is 23.6 Å². The smallest absolute Gasteiger partial charge is 0.245 e. The molecule has 4 amide bonds. The van der Waals surface area contributed by atoms with Crippen molar-refractivity contribution in [2.24, 2.45) is 17.6 Å². The maximum absolute atomic E-state index is 14.4. The van der Waals surface area contributed by atoms with Gasteiger partial charge in [0.1, 0.15) is 12.1 Å². The third-order valence-corrected chi connectivity index (χ3v) is 15.5. The van der Waals surface area contributed by atoms with E-state index >= 15 is 0 Å². The number of carbonyl (C=O) groups is 4. The molecule has 0 unspecified atom stereocenters. The summed E-state index contributed by atoms with van der Waals surface area (Å²) in [5, 5.41) is 11.7. The number of likely N-dealkylation sites (tertiary alicyclic amines) is 2. The molecule has 5 N–H and O–H groups in total. The van der Waals surface area contributed by atoms with Crippen molar-refractivity contribution in [1.29, 1.82) is 0 Å². The second-order valence-corrected chi connectivity index (χ2v) is 20.0. The highest BCUT2D eigenvalue weighted by Gasteiger charge is 2.40. The summed E-state index contributed by atoms with van der Waals surface area (Å²) in [4.78, 5) is 58.8. The predicted octanol–water partition coefficient (Wildman–Crippen LogP) is 6.47. The first-order valence-electron chi connectivity index (χ1n) is 25.5. The fraction of sp³-hybridized carbons (Fsp3) is 0.623. The zero-order chi connectivity index (χ0) is 46.2. The molecule has 2 saturated carbocycles. The Morgan fingerprint density at radius 1 is 0.621 bits per heavy atom. The van der Waals surface area contributed by atoms with Crippen molar-refractivity contribution < 1.29 is 23.9 Å². The zero-order valence-electron chi connectivity index (χ0n) is 39.9. The van der Waals surface area contributed by atoms with Crippen molar-refractivity contribution in [2.75, 3.05) is 33.4 Å². The number of fused-ring (bicyclic) bond motifs is 2. The average Bonchev–Trinajstić information content (AvgIpc) is 4.16. The van der Waals surface area contributed by atoms with E-state index in [9.17, 15) is 19.2 Å². The molecule has 13 nitrogen and oxygen atoms in total. The van der Waals surface area contributed by atoms with Gasteiger partial charge < -0.3 is 45.4 Å². The maximum Gasteiger partial charge on any atom is 0.245 e. The fourth-order valence-electron chi connectivity index (χ4n) is 11.7. The Kier molecular flexibility index (Phi) is 16.2. The van der Waals surface area contributed by atoms with Gasteiger partial charge in [0.15, 0.2) is 0 Å². The second-order valence-electron chi connectivity index (χ2n) is 20.0. The molecule has 13 heteroatoms. The van der Waals surface area contributed by atoms with Crippen molar-refractivity contribution >= 4 is 45.4 Å². The summed E-state index contributed by atoms with van der Waals surface area (Å²) in [6.45, 7) is 7.50. The summed E-state index contributed by atoms with van der Waals surface area (Å²) in [5.41, 5.74) is 10.8. The molecule has 6 atom stereocenters. The molecule has 2 aliphatic heterocycles. The summed E-state index contributed by atoms with van der Waals surface area (Å²) in [6.07, 6.45) is 20.5. The van der Waals surface area contributed by atoms with Crippen LogP contribution in [-0.4, -0.2) is 112 Å². The van der Waals surface area contributed by atoms with E-state index in [1.165, 1.54) is 40.3 Å². The number of rotatable bonds is 19. The minimum absolute atomic E-state index is 0.0500. The normalized spacial score (nSPS) is 21.6. The molecule has 0 bridgehead atoms. The van der Waals surface area contributed by atoms with Crippen LogP contribution in [0.2, 0.25) is 0 Å². The number of likely N-dealkylation sites (N-methyl/N-ethyl adjacent to an activating group) is 1. The number of hydrogen-bond acceptors (Lipinski definition) is 7. The van der Waals surface area contributed by atoms with Crippen LogP contribution in [0.3, 0.4) is 0 Å². The standard InChI is InChI=1S/C53H76N8O5/c1-36(54)50(62)56-48(38-16-6-4-7-17-38)52(64)60-26-14-20-42(60)32-40-34-58(46-24-12-10-22-44(40)46)28-30-66-31-29-59-35-41(45-23-11-13-25-47(45)59)33-43-21-15-27-61(43)53(65)49(39-18-8-5-9-19-39)57-51(63)37(2)55-3/h10-13,22-25,34-39,42-43,48-49,55H,4-9,14-21,26-33,54H2,1-3H3,(H,56,62)(H,57,63)/t36-,37-,42-,43-,48-,49-/m0/s1. The van der Waals surface area contributed by atoms with Crippen LogP contribution in [0.15, 0.2) is 60.9 Å². The summed E-state index contributed by atoms with van der Waals surface area (Å²) in [5.74, 6) is 0.0888. The Morgan fingerprint density at radius 2 is 1.06 bits per heavy atom. The van der Waals surface area contributed by atoms with E-state index in [-0.39, 0.29) is 53.6 Å². The molecular formula is C53H76N8O5. The third kappa shape index (κ3) is 11.0. The van der Waals surface area contributed by atoms with Gasteiger partial charge in [-0.25, -0.2) is 0 Å². The van der Waals surface area contributed by atoms with E-state index in [0.29, 0.717) is 32.8 Å². The van der Waals surface area contributed by atoms with E-state index in [4.69, 9.17) is 10.5 Å². The number of nitrogens with two attached hydrogens (primary N) is 1. The SMILES string of the molecule is CN[C@@H](C)C(=O)N[C@H](C(=O)N1CCC[C@H]1Cc1cn(CCOCCn2cc(C[C@@H]3CCCN3C(=O)[C@@H](NC(=O)[C@H](C)N)C3CCCCC3)c3ccccc32)c2ccccc12)C1CCCCC1. The van der Waals surface area contributed by atoms with Crippen LogP contribution in [-0.2, 0) is 49.8 Å². The van der Waals surface area contributed by atoms with Gasteiger partial charge in [0.05, 0.1) is 25.3 Å². The van der Waals surface area contributed by atoms with Crippen molar-refractivity contribution in [3.8, 4) is 0 Å². The van der Waals surface area contributed by atoms with E-state index in [1.807, 2.05) is 6.92 Å². The number of ether oxygens (including phenoxy) is 1. The van der Waals surface area contributed by atoms with Crippen molar-refractivity contribution in [3.63, 3.8) is 0 Å². The van der Waals surface area contributed by atoms with Gasteiger partial charge in [-0.2, -0.15) is 0 Å². The van der Waals surface area contributed by atoms with Crippen LogP contribution in [0.25, 0.3) is 21.8 Å². The Hall–Kier alpha value is -4.72. The summed E-state index contributed by atoms with van der Waals surface area (Å²) in [6, 6.07) is 15.2. The van der Waals surface area contributed by atoms with Crippen molar-refractivity contribution in [2.45, 2.75) is 166 Å². The second kappa shape index (κ2) is 22.4. The number of nitrogens with one attached hydrogen (secondary N) is 3. The van der Waals surface area contributed by atoms with E-state index < -0.39 is 18.1 Å². The van der Waals surface area contributed by atoms with Gasteiger partial charge in [-0.05, 0) is 120 Å².